The molecule has 4 nitrogen and oxygen atoms in total. The molecule has 2 aromatic heterocycles. The molecule has 1 N–H and O–H groups in total. The number of aromatic nitrogens is 1. The zero-order valence-corrected chi connectivity index (χ0v) is 15.9. The summed E-state index contributed by atoms with van der Waals surface area (Å²) in [5.74, 6) is 1.23. The SMILES string of the molecule is CC(C)N1C(=S)N[C@@H](c2ccccn2)[C@@H]1c1ccc(-c2ccc(F)cc2)o1. The van der Waals surface area contributed by atoms with Crippen LogP contribution in [-0.4, -0.2) is 21.0 Å². The molecule has 1 fully saturated rings. The van der Waals surface area contributed by atoms with Crippen molar-refractivity contribution >= 4 is 17.3 Å². The summed E-state index contributed by atoms with van der Waals surface area (Å²) in [6, 6.07) is 16.0. The second-order valence-electron chi connectivity index (χ2n) is 6.84. The van der Waals surface area contributed by atoms with Crippen LogP contribution in [-0.2, 0) is 0 Å². The number of rotatable bonds is 4. The Balaban J connectivity index is 1.74. The van der Waals surface area contributed by atoms with Gasteiger partial charge in [-0.1, -0.05) is 6.07 Å². The van der Waals surface area contributed by atoms with Gasteiger partial charge < -0.3 is 14.6 Å². The van der Waals surface area contributed by atoms with E-state index < -0.39 is 0 Å². The molecule has 2 atom stereocenters. The van der Waals surface area contributed by atoms with E-state index in [1.807, 2.05) is 30.3 Å². The lowest BCUT2D eigenvalue weighted by molar-refractivity contribution is 0.237. The number of hydrogen-bond donors (Lipinski definition) is 1. The highest BCUT2D eigenvalue weighted by Crippen LogP contribution is 2.41. The molecule has 6 heteroatoms. The molecule has 0 bridgehead atoms. The van der Waals surface area contributed by atoms with E-state index in [9.17, 15) is 4.39 Å². The summed E-state index contributed by atoms with van der Waals surface area (Å²) < 4.78 is 19.4. The lowest BCUT2D eigenvalue weighted by Crippen LogP contribution is -2.35. The fraction of sp³-hybridized carbons (Fsp3) is 0.238. The van der Waals surface area contributed by atoms with Crippen LogP contribution >= 0.6 is 12.2 Å². The van der Waals surface area contributed by atoms with Gasteiger partial charge in [-0.2, -0.15) is 0 Å². The summed E-state index contributed by atoms with van der Waals surface area (Å²) in [4.78, 5) is 6.65. The van der Waals surface area contributed by atoms with E-state index in [1.54, 1.807) is 18.3 Å². The van der Waals surface area contributed by atoms with Gasteiger partial charge in [-0.05, 0) is 74.6 Å². The number of pyridine rings is 1. The number of thiocarbonyl (C=S) groups is 1. The maximum absolute atomic E-state index is 13.2. The molecule has 4 rings (SSSR count). The minimum Gasteiger partial charge on any atom is -0.459 e. The first-order chi connectivity index (χ1) is 13.0. The van der Waals surface area contributed by atoms with Crippen LogP contribution in [0.3, 0.4) is 0 Å². The van der Waals surface area contributed by atoms with E-state index in [-0.39, 0.29) is 23.9 Å². The molecule has 0 aliphatic carbocycles. The highest BCUT2D eigenvalue weighted by Gasteiger charge is 2.42. The van der Waals surface area contributed by atoms with Gasteiger partial charge in [0.2, 0.25) is 0 Å². The topological polar surface area (TPSA) is 41.3 Å². The van der Waals surface area contributed by atoms with Crippen molar-refractivity contribution in [3.63, 3.8) is 0 Å². The number of nitrogens with one attached hydrogen (secondary N) is 1. The molecule has 1 aliphatic heterocycles. The van der Waals surface area contributed by atoms with Crippen molar-refractivity contribution in [2.45, 2.75) is 32.0 Å². The first-order valence-corrected chi connectivity index (χ1v) is 9.31. The number of benzene rings is 1. The minimum absolute atomic E-state index is 0.103. The Labute approximate surface area is 163 Å². The Bertz CT molecular complexity index is 940. The summed E-state index contributed by atoms with van der Waals surface area (Å²) in [6.07, 6.45) is 1.78. The summed E-state index contributed by atoms with van der Waals surface area (Å²) in [7, 11) is 0. The van der Waals surface area contributed by atoms with Crippen molar-refractivity contribution in [1.82, 2.24) is 15.2 Å². The van der Waals surface area contributed by atoms with E-state index in [4.69, 9.17) is 16.6 Å². The van der Waals surface area contributed by atoms with Gasteiger partial charge in [0.25, 0.3) is 0 Å². The predicted octanol–water partition coefficient (Wildman–Crippen LogP) is 4.86. The van der Waals surface area contributed by atoms with Crippen LogP contribution in [0.2, 0.25) is 0 Å². The predicted molar refractivity (Wildman–Crippen MR) is 107 cm³/mol. The quantitative estimate of drug-likeness (QED) is 0.654. The number of halogens is 1. The zero-order chi connectivity index (χ0) is 19.0. The van der Waals surface area contributed by atoms with Crippen LogP contribution < -0.4 is 5.32 Å². The van der Waals surface area contributed by atoms with Crippen molar-refractivity contribution < 1.29 is 8.81 Å². The van der Waals surface area contributed by atoms with Crippen molar-refractivity contribution in [3.05, 3.63) is 78.1 Å². The lowest BCUT2D eigenvalue weighted by Gasteiger charge is -2.29. The average Bonchev–Trinajstić information content (AvgIpc) is 3.27. The second-order valence-corrected chi connectivity index (χ2v) is 7.22. The third kappa shape index (κ3) is 3.32. The maximum Gasteiger partial charge on any atom is 0.170 e. The zero-order valence-electron chi connectivity index (χ0n) is 15.1. The monoisotopic (exact) mass is 381 g/mol. The summed E-state index contributed by atoms with van der Waals surface area (Å²) in [6.45, 7) is 4.21. The van der Waals surface area contributed by atoms with E-state index >= 15 is 0 Å². The van der Waals surface area contributed by atoms with E-state index in [0.29, 0.717) is 10.9 Å². The van der Waals surface area contributed by atoms with Gasteiger partial charge >= 0.3 is 0 Å². The molecule has 0 unspecified atom stereocenters. The van der Waals surface area contributed by atoms with Crippen LogP contribution in [0.5, 0.6) is 0 Å². The Morgan fingerprint density at radius 2 is 1.89 bits per heavy atom. The first-order valence-electron chi connectivity index (χ1n) is 8.90. The third-order valence-electron chi connectivity index (χ3n) is 4.74. The van der Waals surface area contributed by atoms with Crippen LogP contribution in [0.1, 0.15) is 37.4 Å². The Hall–Kier alpha value is -2.73. The standard InChI is InChI=1S/C21H20FN3OS/c1-13(2)25-20(19(24-21(25)27)16-5-3-4-12-23-16)18-11-10-17(26-18)14-6-8-15(22)9-7-14/h3-13,19-20H,1-2H3,(H,24,27)/t19-,20-/m0/s1. The van der Waals surface area contributed by atoms with Crippen LogP contribution in [0.15, 0.2) is 65.2 Å². The van der Waals surface area contributed by atoms with Crippen molar-refractivity contribution in [3.8, 4) is 11.3 Å². The van der Waals surface area contributed by atoms with E-state index in [1.165, 1.54) is 12.1 Å². The van der Waals surface area contributed by atoms with Gasteiger partial charge in [0.1, 0.15) is 23.4 Å². The van der Waals surface area contributed by atoms with Crippen LogP contribution in [0.25, 0.3) is 11.3 Å². The average molecular weight is 381 g/mol. The Morgan fingerprint density at radius 1 is 1.11 bits per heavy atom. The fourth-order valence-corrected chi connectivity index (χ4v) is 3.96. The number of nitrogens with zero attached hydrogens (tertiary/aromatic N) is 2. The smallest absolute Gasteiger partial charge is 0.170 e. The minimum atomic E-state index is -0.267. The van der Waals surface area contributed by atoms with Gasteiger partial charge in [-0.15, -0.1) is 0 Å². The molecular weight excluding hydrogens is 361 g/mol. The van der Waals surface area contributed by atoms with Crippen LogP contribution in [0.4, 0.5) is 4.39 Å². The Morgan fingerprint density at radius 3 is 2.56 bits per heavy atom. The molecule has 27 heavy (non-hydrogen) atoms. The van der Waals surface area contributed by atoms with Gasteiger partial charge in [0.05, 0.1) is 11.7 Å². The van der Waals surface area contributed by atoms with Gasteiger partial charge in [0, 0.05) is 17.8 Å². The molecule has 138 valence electrons. The second kappa shape index (κ2) is 7.12. The lowest BCUT2D eigenvalue weighted by atomic mass is 10.0. The van der Waals surface area contributed by atoms with Gasteiger partial charge in [-0.3, -0.25) is 4.98 Å². The highest BCUT2D eigenvalue weighted by atomic mass is 32.1. The van der Waals surface area contributed by atoms with E-state index in [0.717, 1.165) is 17.0 Å². The number of furan rings is 1. The molecule has 1 aliphatic rings. The molecule has 0 radical (unpaired) electrons. The summed E-state index contributed by atoms with van der Waals surface area (Å²) in [5.41, 5.74) is 1.74. The molecule has 3 heterocycles. The molecule has 0 spiro atoms. The first kappa shape index (κ1) is 17.7. The van der Waals surface area contributed by atoms with Crippen molar-refractivity contribution in [2.75, 3.05) is 0 Å². The summed E-state index contributed by atoms with van der Waals surface area (Å²) in [5, 5.41) is 4.08. The largest absolute Gasteiger partial charge is 0.459 e. The third-order valence-corrected chi connectivity index (χ3v) is 5.07. The molecule has 0 saturated carbocycles. The molecule has 0 amide bonds. The van der Waals surface area contributed by atoms with Gasteiger partial charge in [0.15, 0.2) is 5.11 Å². The van der Waals surface area contributed by atoms with Crippen LogP contribution in [0, 0.1) is 5.82 Å². The highest BCUT2D eigenvalue weighted by molar-refractivity contribution is 7.80. The van der Waals surface area contributed by atoms with Crippen molar-refractivity contribution in [2.24, 2.45) is 0 Å². The molecule has 3 aromatic rings. The fourth-order valence-electron chi connectivity index (χ4n) is 3.51. The Kier molecular flexibility index (Phi) is 4.66. The summed E-state index contributed by atoms with van der Waals surface area (Å²) >= 11 is 5.59. The van der Waals surface area contributed by atoms with Gasteiger partial charge in [-0.25, -0.2) is 4.39 Å². The molecule has 1 saturated heterocycles. The van der Waals surface area contributed by atoms with E-state index in [2.05, 4.69) is 29.0 Å². The normalized spacial score (nSPS) is 19.6. The number of hydrogen-bond acceptors (Lipinski definition) is 3. The maximum atomic E-state index is 13.2. The van der Waals surface area contributed by atoms with Crippen molar-refractivity contribution in [1.29, 1.82) is 0 Å². The molecular formula is C21H20FN3OS. The molecule has 1 aromatic carbocycles.